The van der Waals surface area contributed by atoms with Gasteiger partial charge in [0.25, 0.3) is 0 Å². The highest BCUT2D eigenvalue weighted by molar-refractivity contribution is 5.02. The van der Waals surface area contributed by atoms with Crippen LogP contribution >= 0.6 is 0 Å². The molecular formula is C16H29N. The van der Waals surface area contributed by atoms with Crippen molar-refractivity contribution in [3.05, 3.63) is 0 Å². The Kier molecular flexibility index (Phi) is 6.06. The Balaban J connectivity index is 2.32. The smallest absolute Gasteiger partial charge is 0.0353 e. The lowest BCUT2D eigenvalue weighted by molar-refractivity contribution is 0.255. The van der Waals surface area contributed by atoms with E-state index in [0.29, 0.717) is 12.0 Å². The standard InChI is InChI=1S/C16H29N/c1-6-12(3)14(5)13(4)11-17-16-10-8-9-15(16)7-2/h2,12-17H,6,8-11H2,1,3-5H3. The summed E-state index contributed by atoms with van der Waals surface area (Å²) in [5.41, 5.74) is 0. The Hall–Kier alpha value is -0.480. The summed E-state index contributed by atoms with van der Waals surface area (Å²) in [6, 6.07) is 0.576. The number of nitrogens with one attached hydrogen (secondary N) is 1. The highest BCUT2D eigenvalue weighted by Crippen LogP contribution is 2.26. The molecule has 0 aromatic heterocycles. The van der Waals surface area contributed by atoms with Gasteiger partial charge in [-0.3, -0.25) is 0 Å². The quantitative estimate of drug-likeness (QED) is 0.692. The largest absolute Gasteiger partial charge is 0.312 e. The van der Waals surface area contributed by atoms with Crippen molar-refractivity contribution in [3.63, 3.8) is 0 Å². The first-order chi connectivity index (χ1) is 8.10. The maximum Gasteiger partial charge on any atom is 0.0353 e. The second-order valence-corrected chi connectivity index (χ2v) is 5.94. The number of terminal acetylenes is 1. The van der Waals surface area contributed by atoms with Gasteiger partial charge in [-0.25, -0.2) is 0 Å². The normalized spacial score (nSPS) is 29.6. The summed E-state index contributed by atoms with van der Waals surface area (Å²) in [7, 11) is 0. The molecule has 0 aromatic carbocycles. The molecule has 5 unspecified atom stereocenters. The summed E-state index contributed by atoms with van der Waals surface area (Å²) in [5, 5.41) is 3.70. The lowest BCUT2D eigenvalue weighted by atomic mass is 9.83. The van der Waals surface area contributed by atoms with Crippen LogP contribution in [0.15, 0.2) is 0 Å². The zero-order chi connectivity index (χ0) is 12.8. The van der Waals surface area contributed by atoms with Gasteiger partial charge in [-0.1, -0.05) is 40.5 Å². The van der Waals surface area contributed by atoms with Crippen molar-refractivity contribution in [3.8, 4) is 12.3 Å². The first-order valence-corrected chi connectivity index (χ1v) is 7.29. The van der Waals surface area contributed by atoms with E-state index in [-0.39, 0.29) is 0 Å². The van der Waals surface area contributed by atoms with E-state index in [9.17, 15) is 0 Å². The molecule has 0 radical (unpaired) electrons. The van der Waals surface area contributed by atoms with E-state index in [1.807, 2.05) is 0 Å². The van der Waals surface area contributed by atoms with Crippen molar-refractivity contribution in [2.24, 2.45) is 23.7 Å². The fourth-order valence-corrected chi connectivity index (χ4v) is 2.86. The topological polar surface area (TPSA) is 12.0 Å². The molecule has 0 amide bonds. The third kappa shape index (κ3) is 4.03. The molecule has 5 atom stereocenters. The molecule has 1 aliphatic rings. The van der Waals surface area contributed by atoms with Crippen LogP contribution in [0.5, 0.6) is 0 Å². The van der Waals surface area contributed by atoms with E-state index < -0.39 is 0 Å². The molecule has 0 spiro atoms. The third-order valence-electron chi connectivity index (χ3n) is 4.87. The molecule has 98 valence electrons. The highest BCUT2D eigenvalue weighted by atomic mass is 14.9. The molecule has 1 nitrogen and oxygen atoms in total. The summed E-state index contributed by atoms with van der Waals surface area (Å²) >= 11 is 0. The average molecular weight is 235 g/mol. The maximum absolute atomic E-state index is 5.57. The van der Waals surface area contributed by atoms with Crippen LogP contribution in [-0.2, 0) is 0 Å². The van der Waals surface area contributed by atoms with E-state index >= 15 is 0 Å². The first-order valence-electron chi connectivity index (χ1n) is 7.29. The molecule has 1 aliphatic carbocycles. The van der Waals surface area contributed by atoms with Crippen LogP contribution in [0, 0.1) is 36.0 Å². The summed E-state index contributed by atoms with van der Waals surface area (Å²) in [6.07, 6.45) is 10.6. The molecule has 0 aromatic rings. The maximum atomic E-state index is 5.57. The Morgan fingerprint density at radius 3 is 2.53 bits per heavy atom. The van der Waals surface area contributed by atoms with Crippen LogP contribution in [0.1, 0.15) is 53.4 Å². The van der Waals surface area contributed by atoms with Gasteiger partial charge >= 0.3 is 0 Å². The highest BCUT2D eigenvalue weighted by Gasteiger charge is 2.26. The molecule has 0 aliphatic heterocycles. The predicted molar refractivity (Wildman–Crippen MR) is 75.7 cm³/mol. The Morgan fingerprint density at radius 2 is 1.94 bits per heavy atom. The van der Waals surface area contributed by atoms with Gasteiger partial charge in [0.05, 0.1) is 0 Å². The summed E-state index contributed by atoms with van der Waals surface area (Å²) in [4.78, 5) is 0. The Bertz CT molecular complexity index is 253. The van der Waals surface area contributed by atoms with Crippen molar-refractivity contribution >= 4 is 0 Å². The molecule has 0 saturated heterocycles. The van der Waals surface area contributed by atoms with Gasteiger partial charge in [0, 0.05) is 12.0 Å². The number of rotatable bonds is 6. The van der Waals surface area contributed by atoms with E-state index in [4.69, 9.17) is 6.42 Å². The van der Waals surface area contributed by atoms with Gasteiger partial charge in [-0.15, -0.1) is 12.3 Å². The minimum absolute atomic E-state index is 0.473. The molecule has 17 heavy (non-hydrogen) atoms. The van der Waals surface area contributed by atoms with Crippen molar-refractivity contribution in [2.45, 2.75) is 59.4 Å². The van der Waals surface area contributed by atoms with Gasteiger partial charge in [-0.05, 0) is 37.1 Å². The lowest BCUT2D eigenvalue weighted by Crippen LogP contribution is -2.37. The molecule has 0 heterocycles. The van der Waals surface area contributed by atoms with E-state index in [1.54, 1.807) is 0 Å². The van der Waals surface area contributed by atoms with Crippen molar-refractivity contribution in [1.29, 1.82) is 0 Å². The fourth-order valence-electron chi connectivity index (χ4n) is 2.86. The van der Waals surface area contributed by atoms with Gasteiger partial charge in [0.15, 0.2) is 0 Å². The molecule has 1 fully saturated rings. The minimum atomic E-state index is 0.473. The zero-order valence-corrected chi connectivity index (χ0v) is 12.0. The molecule has 0 bridgehead atoms. The van der Waals surface area contributed by atoms with Crippen molar-refractivity contribution in [1.82, 2.24) is 5.32 Å². The van der Waals surface area contributed by atoms with Gasteiger partial charge in [0.1, 0.15) is 0 Å². The summed E-state index contributed by atoms with van der Waals surface area (Å²) in [5.74, 6) is 5.76. The number of hydrogen-bond donors (Lipinski definition) is 1. The van der Waals surface area contributed by atoms with E-state index in [0.717, 1.165) is 24.3 Å². The monoisotopic (exact) mass is 235 g/mol. The van der Waals surface area contributed by atoms with E-state index in [2.05, 4.69) is 38.9 Å². The SMILES string of the molecule is C#CC1CCCC1NCC(C)C(C)C(C)CC. The average Bonchev–Trinajstić information content (AvgIpc) is 2.81. The Morgan fingerprint density at radius 1 is 1.24 bits per heavy atom. The molecule has 1 rings (SSSR count). The Labute approximate surface area is 108 Å². The minimum Gasteiger partial charge on any atom is -0.312 e. The summed E-state index contributed by atoms with van der Waals surface area (Å²) < 4.78 is 0. The molecule has 1 saturated carbocycles. The molecule has 1 N–H and O–H groups in total. The van der Waals surface area contributed by atoms with Crippen LogP contribution in [0.3, 0.4) is 0 Å². The number of hydrogen-bond acceptors (Lipinski definition) is 1. The van der Waals surface area contributed by atoms with Crippen LogP contribution in [0.4, 0.5) is 0 Å². The molecule has 1 heteroatoms. The van der Waals surface area contributed by atoms with Crippen LogP contribution in [-0.4, -0.2) is 12.6 Å². The molecular weight excluding hydrogens is 206 g/mol. The van der Waals surface area contributed by atoms with Gasteiger partial charge in [0.2, 0.25) is 0 Å². The van der Waals surface area contributed by atoms with Crippen LogP contribution < -0.4 is 5.32 Å². The first kappa shape index (κ1) is 14.6. The zero-order valence-electron chi connectivity index (χ0n) is 12.0. The van der Waals surface area contributed by atoms with Crippen LogP contribution in [0.2, 0.25) is 0 Å². The van der Waals surface area contributed by atoms with Gasteiger partial charge < -0.3 is 5.32 Å². The van der Waals surface area contributed by atoms with E-state index in [1.165, 1.54) is 25.7 Å². The second kappa shape index (κ2) is 7.07. The van der Waals surface area contributed by atoms with Gasteiger partial charge in [-0.2, -0.15) is 0 Å². The lowest BCUT2D eigenvalue weighted by Gasteiger charge is -2.27. The van der Waals surface area contributed by atoms with Crippen molar-refractivity contribution in [2.75, 3.05) is 6.54 Å². The predicted octanol–water partition coefficient (Wildman–Crippen LogP) is 3.70. The van der Waals surface area contributed by atoms with Crippen LogP contribution in [0.25, 0.3) is 0 Å². The second-order valence-electron chi connectivity index (χ2n) is 5.94. The third-order valence-corrected chi connectivity index (χ3v) is 4.87. The summed E-state index contributed by atoms with van der Waals surface area (Å²) in [6.45, 7) is 10.5. The fraction of sp³-hybridized carbons (Fsp3) is 0.875. The van der Waals surface area contributed by atoms with Crippen molar-refractivity contribution < 1.29 is 0 Å².